The summed E-state index contributed by atoms with van der Waals surface area (Å²) in [5.74, 6) is 0. The molecule has 0 bridgehead atoms. The van der Waals surface area contributed by atoms with Crippen LogP contribution in [0, 0.1) is 13.8 Å². The van der Waals surface area contributed by atoms with Gasteiger partial charge in [-0.2, -0.15) is 0 Å². The minimum atomic E-state index is 0.386. The summed E-state index contributed by atoms with van der Waals surface area (Å²) in [6.45, 7) is 4.35. The number of nitrogens with one attached hydrogen (secondary N) is 1. The molecule has 2 aromatic rings. The number of hydrogen-bond acceptors (Lipinski definition) is 3. The third-order valence-electron chi connectivity index (χ3n) is 3.04. The summed E-state index contributed by atoms with van der Waals surface area (Å²) in [4.78, 5) is 6.98. The van der Waals surface area contributed by atoms with E-state index in [0.29, 0.717) is 6.04 Å². The molecule has 1 atom stereocenters. The first-order valence-electron chi connectivity index (χ1n) is 5.84. The SMILES string of the molecule is CNC(Cc1cccnc1)c1cc(C)c(C)s1. The van der Waals surface area contributed by atoms with E-state index in [2.05, 4.69) is 36.3 Å². The van der Waals surface area contributed by atoms with Crippen LogP contribution in [0.2, 0.25) is 0 Å². The number of aromatic nitrogens is 1. The van der Waals surface area contributed by atoms with E-state index in [1.807, 2.05) is 36.8 Å². The normalized spacial score (nSPS) is 12.6. The quantitative estimate of drug-likeness (QED) is 0.895. The van der Waals surface area contributed by atoms with Crippen LogP contribution >= 0.6 is 11.3 Å². The highest BCUT2D eigenvalue weighted by Gasteiger charge is 2.13. The van der Waals surface area contributed by atoms with Gasteiger partial charge >= 0.3 is 0 Å². The molecule has 1 N–H and O–H groups in total. The van der Waals surface area contributed by atoms with Crippen molar-refractivity contribution in [3.8, 4) is 0 Å². The zero-order valence-corrected chi connectivity index (χ0v) is 11.3. The van der Waals surface area contributed by atoms with Gasteiger partial charge < -0.3 is 5.32 Å². The predicted octanol–water partition coefficient (Wildman–Crippen LogP) is 3.26. The monoisotopic (exact) mass is 246 g/mol. The number of nitrogens with zero attached hydrogens (tertiary/aromatic N) is 1. The number of thiophene rings is 1. The zero-order valence-electron chi connectivity index (χ0n) is 10.5. The van der Waals surface area contributed by atoms with E-state index in [1.165, 1.54) is 20.9 Å². The van der Waals surface area contributed by atoms with Crippen LogP contribution in [-0.4, -0.2) is 12.0 Å². The van der Waals surface area contributed by atoms with E-state index < -0.39 is 0 Å². The highest BCUT2D eigenvalue weighted by atomic mass is 32.1. The van der Waals surface area contributed by atoms with Crippen LogP contribution in [0.1, 0.15) is 26.9 Å². The average molecular weight is 246 g/mol. The lowest BCUT2D eigenvalue weighted by Crippen LogP contribution is -2.17. The molecule has 2 heterocycles. The Morgan fingerprint density at radius 3 is 2.76 bits per heavy atom. The molecule has 3 heteroatoms. The number of hydrogen-bond donors (Lipinski definition) is 1. The third kappa shape index (κ3) is 2.93. The molecular formula is C14H18N2S. The molecule has 2 aromatic heterocycles. The van der Waals surface area contributed by atoms with Crippen molar-refractivity contribution in [3.63, 3.8) is 0 Å². The predicted molar refractivity (Wildman–Crippen MR) is 73.5 cm³/mol. The fourth-order valence-corrected chi connectivity index (χ4v) is 3.03. The summed E-state index contributed by atoms with van der Waals surface area (Å²) >= 11 is 1.88. The topological polar surface area (TPSA) is 24.9 Å². The first kappa shape index (κ1) is 12.3. The van der Waals surface area contributed by atoms with E-state index in [4.69, 9.17) is 0 Å². The van der Waals surface area contributed by atoms with Crippen LogP contribution < -0.4 is 5.32 Å². The van der Waals surface area contributed by atoms with E-state index in [9.17, 15) is 0 Å². The molecule has 0 saturated heterocycles. The first-order valence-corrected chi connectivity index (χ1v) is 6.65. The second-order valence-electron chi connectivity index (χ2n) is 4.29. The van der Waals surface area contributed by atoms with Gasteiger partial charge in [-0.1, -0.05) is 6.07 Å². The number of aryl methyl sites for hydroxylation is 2. The van der Waals surface area contributed by atoms with Gasteiger partial charge in [0.25, 0.3) is 0 Å². The van der Waals surface area contributed by atoms with Gasteiger partial charge in [-0.25, -0.2) is 0 Å². The van der Waals surface area contributed by atoms with Crippen LogP contribution in [0.3, 0.4) is 0 Å². The van der Waals surface area contributed by atoms with Crippen molar-refractivity contribution < 1.29 is 0 Å². The van der Waals surface area contributed by atoms with Gasteiger partial charge in [0.1, 0.15) is 0 Å². The van der Waals surface area contributed by atoms with Gasteiger partial charge in [-0.15, -0.1) is 11.3 Å². The molecule has 0 fully saturated rings. The van der Waals surface area contributed by atoms with Gasteiger partial charge in [0, 0.05) is 28.2 Å². The van der Waals surface area contributed by atoms with Crippen molar-refractivity contribution in [2.45, 2.75) is 26.3 Å². The molecule has 0 aliphatic rings. The Labute approximate surface area is 107 Å². The number of rotatable bonds is 4. The fourth-order valence-electron chi connectivity index (χ4n) is 1.87. The van der Waals surface area contributed by atoms with Crippen molar-refractivity contribution >= 4 is 11.3 Å². The third-order valence-corrected chi connectivity index (χ3v) is 4.31. The largest absolute Gasteiger partial charge is 0.312 e. The molecule has 90 valence electrons. The molecule has 2 nitrogen and oxygen atoms in total. The molecule has 0 aliphatic carbocycles. The van der Waals surface area contributed by atoms with E-state index in [0.717, 1.165) is 6.42 Å². The van der Waals surface area contributed by atoms with Crippen LogP contribution in [-0.2, 0) is 6.42 Å². The Kier molecular flexibility index (Phi) is 3.92. The Morgan fingerprint density at radius 1 is 1.41 bits per heavy atom. The summed E-state index contributed by atoms with van der Waals surface area (Å²) in [5, 5.41) is 3.39. The standard InChI is InChI=1S/C14H18N2S/c1-10-7-14(17-11(10)2)13(15-3)8-12-5-4-6-16-9-12/h4-7,9,13,15H,8H2,1-3H3. The molecule has 0 spiro atoms. The molecular weight excluding hydrogens is 228 g/mol. The Balaban J connectivity index is 2.17. The average Bonchev–Trinajstić information content (AvgIpc) is 2.68. The minimum Gasteiger partial charge on any atom is -0.312 e. The van der Waals surface area contributed by atoms with Gasteiger partial charge in [-0.05, 0) is 50.6 Å². The molecule has 17 heavy (non-hydrogen) atoms. The van der Waals surface area contributed by atoms with E-state index >= 15 is 0 Å². The lowest BCUT2D eigenvalue weighted by molar-refractivity contribution is 0.601. The van der Waals surface area contributed by atoms with Crippen LogP contribution in [0.4, 0.5) is 0 Å². The molecule has 0 aromatic carbocycles. The molecule has 0 saturated carbocycles. The Morgan fingerprint density at radius 2 is 2.24 bits per heavy atom. The fraction of sp³-hybridized carbons (Fsp3) is 0.357. The lowest BCUT2D eigenvalue weighted by Gasteiger charge is -2.14. The van der Waals surface area contributed by atoms with Crippen molar-refractivity contribution in [3.05, 3.63) is 51.5 Å². The maximum absolute atomic E-state index is 4.16. The van der Waals surface area contributed by atoms with Gasteiger partial charge in [0.2, 0.25) is 0 Å². The Bertz CT molecular complexity index is 457. The molecule has 1 unspecified atom stereocenters. The second-order valence-corrected chi connectivity index (χ2v) is 5.58. The molecule has 0 aliphatic heterocycles. The number of likely N-dealkylation sites (N-methyl/N-ethyl adjacent to an activating group) is 1. The van der Waals surface area contributed by atoms with Crippen molar-refractivity contribution in [2.24, 2.45) is 0 Å². The minimum absolute atomic E-state index is 0.386. The second kappa shape index (κ2) is 5.43. The van der Waals surface area contributed by atoms with Gasteiger partial charge in [0.15, 0.2) is 0 Å². The van der Waals surface area contributed by atoms with Gasteiger partial charge in [0.05, 0.1) is 0 Å². The van der Waals surface area contributed by atoms with E-state index in [-0.39, 0.29) is 0 Å². The van der Waals surface area contributed by atoms with Crippen molar-refractivity contribution in [2.75, 3.05) is 7.05 Å². The summed E-state index contributed by atoms with van der Waals surface area (Å²) in [7, 11) is 2.02. The summed E-state index contributed by atoms with van der Waals surface area (Å²) < 4.78 is 0. The Hall–Kier alpha value is -1.19. The first-order chi connectivity index (χ1) is 8.20. The van der Waals surface area contributed by atoms with Crippen molar-refractivity contribution in [1.82, 2.24) is 10.3 Å². The molecule has 0 amide bonds. The molecule has 0 radical (unpaired) electrons. The van der Waals surface area contributed by atoms with Crippen molar-refractivity contribution in [1.29, 1.82) is 0 Å². The smallest absolute Gasteiger partial charge is 0.0454 e. The maximum atomic E-state index is 4.16. The summed E-state index contributed by atoms with van der Waals surface area (Å²) in [5.41, 5.74) is 2.66. The van der Waals surface area contributed by atoms with E-state index in [1.54, 1.807) is 0 Å². The number of pyridine rings is 1. The highest BCUT2D eigenvalue weighted by molar-refractivity contribution is 7.12. The van der Waals surface area contributed by atoms with Crippen LogP contribution in [0.25, 0.3) is 0 Å². The zero-order chi connectivity index (χ0) is 12.3. The summed E-state index contributed by atoms with van der Waals surface area (Å²) in [6.07, 6.45) is 4.75. The van der Waals surface area contributed by atoms with Crippen LogP contribution in [0.5, 0.6) is 0 Å². The van der Waals surface area contributed by atoms with Crippen LogP contribution in [0.15, 0.2) is 30.6 Å². The highest BCUT2D eigenvalue weighted by Crippen LogP contribution is 2.28. The van der Waals surface area contributed by atoms with Gasteiger partial charge in [-0.3, -0.25) is 4.98 Å². The summed E-state index contributed by atoms with van der Waals surface area (Å²) in [6, 6.07) is 6.80. The maximum Gasteiger partial charge on any atom is 0.0454 e. The lowest BCUT2D eigenvalue weighted by atomic mass is 10.1. The molecule has 2 rings (SSSR count).